The SMILES string of the molecule is COC(=O)/C=C1/S/C(=N\N=Cc2ccccc2OCc2ccc(C)cc2)NC1=O. The standard InChI is InChI=1S/C21H19N3O4S/c1-14-7-9-15(10-8-14)13-28-17-6-4-3-5-16(17)12-22-24-21-23-20(26)18(29-21)11-19(25)27-2/h3-12H,13H2,1-2H3,(H,23,24,26)/b18-11+,22-12?. The van der Waals surface area contributed by atoms with E-state index in [0.717, 1.165) is 29.0 Å². The second kappa shape index (κ2) is 9.70. The lowest BCUT2D eigenvalue weighted by atomic mass is 10.1. The van der Waals surface area contributed by atoms with E-state index in [1.54, 1.807) is 6.21 Å². The van der Waals surface area contributed by atoms with Gasteiger partial charge >= 0.3 is 5.97 Å². The molecule has 0 radical (unpaired) electrons. The van der Waals surface area contributed by atoms with Crippen molar-refractivity contribution in [3.8, 4) is 5.75 Å². The molecule has 7 nitrogen and oxygen atoms in total. The quantitative estimate of drug-likeness (QED) is 0.343. The third-order valence-electron chi connectivity index (χ3n) is 3.88. The highest BCUT2D eigenvalue weighted by Crippen LogP contribution is 2.23. The summed E-state index contributed by atoms with van der Waals surface area (Å²) in [5.41, 5.74) is 3.02. The molecule has 0 aromatic heterocycles. The first-order valence-electron chi connectivity index (χ1n) is 8.72. The molecule has 1 aliphatic rings. The number of benzene rings is 2. The summed E-state index contributed by atoms with van der Waals surface area (Å²) in [4.78, 5) is 23.3. The zero-order valence-corrected chi connectivity index (χ0v) is 16.7. The van der Waals surface area contributed by atoms with Gasteiger partial charge in [-0.05, 0) is 36.4 Å². The summed E-state index contributed by atoms with van der Waals surface area (Å²) in [6.07, 6.45) is 2.66. The van der Waals surface area contributed by atoms with Crippen LogP contribution in [0.1, 0.15) is 16.7 Å². The summed E-state index contributed by atoms with van der Waals surface area (Å²) in [5.74, 6) is -0.352. The van der Waals surface area contributed by atoms with Crippen LogP contribution in [0.2, 0.25) is 0 Å². The minimum absolute atomic E-state index is 0.202. The Morgan fingerprint density at radius 1 is 1.17 bits per heavy atom. The number of aryl methyl sites for hydroxylation is 1. The molecule has 1 N–H and O–H groups in total. The second-order valence-electron chi connectivity index (χ2n) is 6.05. The number of rotatable bonds is 6. The van der Waals surface area contributed by atoms with Gasteiger partial charge in [0.2, 0.25) is 0 Å². The maximum Gasteiger partial charge on any atom is 0.331 e. The summed E-state index contributed by atoms with van der Waals surface area (Å²) in [6, 6.07) is 15.6. The molecule has 0 unspecified atom stereocenters. The topological polar surface area (TPSA) is 89.3 Å². The van der Waals surface area contributed by atoms with Gasteiger partial charge in [0, 0.05) is 11.6 Å². The molecule has 1 fully saturated rings. The van der Waals surface area contributed by atoms with Gasteiger partial charge in [-0.15, -0.1) is 5.10 Å². The molecule has 2 aromatic rings. The van der Waals surface area contributed by atoms with Crippen LogP contribution < -0.4 is 10.1 Å². The van der Waals surface area contributed by atoms with E-state index in [2.05, 4.69) is 20.3 Å². The molecule has 0 saturated carbocycles. The summed E-state index contributed by atoms with van der Waals surface area (Å²) in [5, 5.41) is 10.8. The van der Waals surface area contributed by atoms with Crippen LogP contribution in [-0.4, -0.2) is 30.4 Å². The van der Waals surface area contributed by atoms with Gasteiger partial charge in [-0.25, -0.2) is 4.79 Å². The van der Waals surface area contributed by atoms with Gasteiger partial charge in [-0.3, -0.25) is 10.1 Å². The maximum absolute atomic E-state index is 11.8. The third kappa shape index (κ3) is 5.79. The number of nitrogens with one attached hydrogen (secondary N) is 1. The summed E-state index contributed by atoms with van der Waals surface area (Å²) >= 11 is 1.02. The first kappa shape index (κ1) is 20.3. The molecule has 0 atom stereocenters. The Labute approximate surface area is 172 Å². The number of carbonyl (C=O) groups excluding carboxylic acids is 2. The number of para-hydroxylation sites is 1. The highest BCUT2D eigenvalue weighted by molar-refractivity contribution is 8.18. The number of thioether (sulfide) groups is 1. The molecule has 0 spiro atoms. The molecule has 8 heteroatoms. The zero-order chi connectivity index (χ0) is 20.6. The molecular formula is C21H19N3O4S. The van der Waals surface area contributed by atoms with Crippen LogP contribution in [0.4, 0.5) is 0 Å². The van der Waals surface area contributed by atoms with Gasteiger partial charge in [-0.1, -0.05) is 42.0 Å². The fourth-order valence-corrected chi connectivity index (χ4v) is 3.09. The normalized spacial score (nSPS) is 16.4. The number of ether oxygens (including phenoxy) is 2. The van der Waals surface area contributed by atoms with Gasteiger partial charge in [-0.2, -0.15) is 5.10 Å². The van der Waals surface area contributed by atoms with Crippen LogP contribution in [0.15, 0.2) is 69.7 Å². The van der Waals surface area contributed by atoms with E-state index < -0.39 is 11.9 Å². The summed E-state index contributed by atoms with van der Waals surface area (Å²) in [6.45, 7) is 2.48. The van der Waals surface area contributed by atoms with Crippen LogP contribution in [0, 0.1) is 6.92 Å². The number of nitrogens with zero attached hydrogens (tertiary/aromatic N) is 2. The lowest BCUT2D eigenvalue weighted by molar-refractivity contribution is -0.135. The highest BCUT2D eigenvalue weighted by Gasteiger charge is 2.25. The van der Waals surface area contributed by atoms with Gasteiger partial charge in [0.05, 0.1) is 18.2 Å². The Balaban J connectivity index is 1.66. The zero-order valence-electron chi connectivity index (χ0n) is 15.9. The minimum Gasteiger partial charge on any atom is -0.488 e. The van der Waals surface area contributed by atoms with Crippen LogP contribution in [0.5, 0.6) is 5.75 Å². The Kier molecular flexibility index (Phi) is 6.80. The number of amides is 1. The number of hydrogen-bond acceptors (Lipinski definition) is 7. The van der Waals surface area contributed by atoms with Crippen molar-refractivity contribution in [2.45, 2.75) is 13.5 Å². The van der Waals surface area contributed by atoms with E-state index in [1.807, 2.05) is 55.5 Å². The fourth-order valence-electron chi connectivity index (χ4n) is 2.35. The van der Waals surface area contributed by atoms with Gasteiger partial charge in [0.1, 0.15) is 12.4 Å². The van der Waals surface area contributed by atoms with Crippen molar-refractivity contribution in [2.24, 2.45) is 10.2 Å². The Morgan fingerprint density at radius 3 is 2.69 bits per heavy atom. The van der Waals surface area contributed by atoms with Crippen molar-refractivity contribution in [1.29, 1.82) is 0 Å². The number of hydrogen-bond donors (Lipinski definition) is 1. The molecule has 2 aromatic carbocycles. The molecule has 0 aliphatic carbocycles. The number of carbonyl (C=O) groups is 2. The first-order chi connectivity index (χ1) is 14.0. The number of amidine groups is 1. The molecule has 1 saturated heterocycles. The van der Waals surface area contributed by atoms with Crippen LogP contribution in [0.3, 0.4) is 0 Å². The molecule has 148 valence electrons. The van der Waals surface area contributed by atoms with E-state index in [0.29, 0.717) is 12.4 Å². The van der Waals surface area contributed by atoms with E-state index in [1.165, 1.54) is 12.7 Å². The Morgan fingerprint density at radius 2 is 1.93 bits per heavy atom. The van der Waals surface area contributed by atoms with Crippen molar-refractivity contribution in [2.75, 3.05) is 7.11 Å². The van der Waals surface area contributed by atoms with Crippen molar-refractivity contribution < 1.29 is 19.1 Å². The number of methoxy groups -OCH3 is 1. The van der Waals surface area contributed by atoms with Gasteiger partial charge < -0.3 is 9.47 Å². The lowest BCUT2D eigenvalue weighted by Gasteiger charge is -2.09. The van der Waals surface area contributed by atoms with Gasteiger partial charge in [0.15, 0.2) is 5.17 Å². The smallest absolute Gasteiger partial charge is 0.331 e. The van der Waals surface area contributed by atoms with Crippen molar-refractivity contribution in [3.63, 3.8) is 0 Å². The molecule has 1 amide bonds. The summed E-state index contributed by atoms with van der Waals surface area (Å²) < 4.78 is 10.4. The average Bonchev–Trinajstić information content (AvgIpc) is 3.07. The van der Waals surface area contributed by atoms with Crippen LogP contribution >= 0.6 is 11.8 Å². The maximum atomic E-state index is 11.8. The molecule has 29 heavy (non-hydrogen) atoms. The van der Waals surface area contributed by atoms with Gasteiger partial charge in [0.25, 0.3) is 5.91 Å². The molecule has 1 aliphatic heterocycles. The second-order valence-corrected chi connectivity index (χ2v) is 7.08. The molecule has 0 bridgehead atoms. The monoisotopic (exact) mass is 409 g/mol. The largest absolute Gasteiger partial charge is 0.488 e. The molecular weight excluding hydrogens is 390 g/mol. The lowest BCUT2D eigenvalue weighted by Crippen LogP contribution is -2.19. The van der Waals surface area contributed by atoms with E-state index in [4.69, 9.17) is 4.74 Å². The third-order valence-corrected chi connectivity index (χ3v) is 4.78. The Bertz CT molecular complexity index is 997. The fraction of sp³-hybridized carbons (Fsp3) is 0.143. The van der Waals surface area contributed by atoms with Crippen molar-refractivity contribution >= 4 is 35.0 Å². The molecule has 1 heterocycles. The highest BCUT2D eigenvalue weighted by atomic mass is 32.2. The van der Waals surface area contributed by atoms with E-state index >= 15 is 0 Å². The summed E-state index contributed by atoms with van der Waals surface area (Å²) in [7, 11) is 1.24. The predicted octanol–water partition coefficient (Wildman–Crippen LogP) is 3.18. The first-order valence-corrected chi connectivity index (χ1v) is 9.54. The van der Waals surface area contributed by atoms with Crippen LogP contribution in [-0.2, 0) is 20.9 Å². The van der Waals surface area contributed by atoms with Crippen LogP contribution in [0.25, 0.3) is 0 Å². The van der Waals surface area contributed by atoms with Crippen molar-refractivity contribution in [1.82, 2.24) is 5.32 Å². The number of esters is 1. The van der Waals surface area contributed by atoms with Crippen molar-refractivity contribution in [3.05, 3.63) is 76.2 Å². The van der Waals surface area contributed by atoms with E-state index in [9.17, 15) is 9.59 Å². The van der Waals surface area contributed by atoms with E-state index in [-0.39, 0.29) is 10.1 Å². The predicted molar refractivity (Wildman–Crippen MR) is 113 cm³/mol. The Hall–Kier alpha value is -3.39. The minimum atomic E-state index is -0.605. The average molecular weight is 409 g/mol. The molecule has 3 rings (SSSR count).